The maximum atomic E-state index is 12.5. The summed E-state index contributed by atoms with van der Waals surface area (Å²) in [5.74, 6) is -1.79. The van der Waals surface area contributed by atoms with E-state index < -0.39 is 12.1 Å². The zero-order valence-electron chi connectivity index (χ0n) is 15.6. The Morgan fingerprint density at radius 1 is 1.18 bits per heavy atom. The Kier molecular flexibility index (Phi) is 6.33. The van der Waals surface area contributed by atoms with Crippen LogP contribution in [0.2, 0.25) is 0 Å². The molecule has 0 radical (unpaired) electrons. The molecule has 1 amide bonds. The molecule has 152 valence electrons. The molecule has 1 fully saturated rings. The van der Waals surface area contributed by atoms with E-state index in [1.807, 2.05) is 6.92 Å². The number of nitrogens with one attached hydrogen (secondary N) is 1. The van der Waals surface area contributed by atoms with Crippen LogP contribution in [0.5, 0.6) is 0 Å². The molecule has 0 aliphatic carbocycles. The van der Waals surface area contributed by atoms with Crippen LogP contribution < -0.4 is 5.32 Å². The quantitative estimate of drug-likeness (QED) is 0.834. The number of aromatic nitrogens is 2. The maximum absolute atomic E-state index is 12.5. The molecule has 0 saturated carbocycles. The van der Waals surface area contributed by atoms with E-state index in [0.717, 1.165) is 19.6 Å². The average molecular weight is 396 g/mol. The summed E-state index contributed by atoms with van der Waals surface area (Å²) in [6.07, 6.45) is 0.208. The second-order valence-corrected chi connectivity index (χ2v) is 7.09. The summed E-state index contributed by atoms with van der Waals surface area (Å²) >= 11 is 0. The van der Waals surface area contributed by atoms with Crippen LogP contribution >= 0.6 is 0 Å². The van der Waals surface area contributed by atoms with Gasteiger partial charge in [-0.25, -0.2) is 0 Å². The van der Waals surface area contributed by atoms with Crippen molar-refractivity contribution in [2.75, 3.05) is 19.6 Å². The van der Waals surface area contributed by atoms with Crippen molar-refractivity contribution in [3.05, 3.63) is 35.7 Å². The summed E-state index contributed by atoms with van der Waals surface area (Å²) < 4.78 is 41.9. The van der Waals surface area contributed by atoms with Crippen LogP contribution in [0.25, 0.3) is 11.4 Å². The highest BCUT2D eigenvalue weighted by molar-refractivity contribution is 5.94. The molecule has 1 aromatic carbocycles. The van der Waals surface area contributed by atoms with E-state index in [2.05, 4.69) is 24.9 Å². The zero-order chi connectivity index (χ0) is 20.1. The fourth-order valence-electron chi connectivity index (χ4n) is 3.29. The van der Waals surface area contributed by atoms with E-state index in [0.29, 0.717) is 11.1 Å². The molecule has 2 heterocycles. The summed E-state index contributed by atoms with van der Waals surface area (Å²) in [5.41, 5.74) is 0.763. The van der Waals surface area contributed by atoms with Crippen molar-refractivity contribution < 1.29 is 22.5 Å². The lowest BCUT2D eigenvalue weighted by Crippen LogP contribution is -2.42. The van der Waals surface area contributed by atoms with Gasteiger partial charge in [0, 0.05) is 23.7 Å². The number of carbonyl (C=O) groups is 1. The van der Waals surface area contributed by atoms with Crippen molar-refractivity contribution in [1.82, 2.24) is 20.4 Å². The number of halogens is 3. The molecule has 6 nitrogen and oxygen atoms in total. The Bertz CT molecular complexity index is 781. The molecule has 28 heavy (non-hydrogen) atoms. The van der Waals surface area contributed by atoms with Crippen LogP contribution in [0, 0.1) is 0 Å². The highest BCUT2D eigenvalue weighted by atomic mass is 19.4. The lowest BCUT2D eigenvalue weighted by Gasteiger charge is -2.24. The molecular weight excluding hydrogens is 373 g/mol. The van der Waals surface area contributed by atoms with Crippen LogP contribution in [-0.2, 0) is 6.18 Å². The fraction of sp³-hybridized carbons (Fsp3) is 0.526. The first kappa shape index (κ1) is 20.3. The van der Waals surface area contributed by atoms with E-state index in [1.54, 1.807) is 0 Å². The second-order valence-electron chi connectivity index (χ2n) is 7.09. The normalized spacial score (nSPS) is 17.1. The molecule has 1 saturated heterocycles. The number of carbonyl (C=O) groups excluding carboxylic acids is 1. The van der Waals surface area contributed by atoms with Crippen molar-refractivity contribution in [3.8, 4) is 11.4 Å². The predicted octanol–water partition coefficient (Wildman–Crippen LogP) is 3.75. The minimum absolute atomic E-state index is 0.00294. The first-order valence-corrected chi connectivity index (χ1v) is 9.37. The molecule has 9 heteroatoms. The van der Waals surface area contributed by atoms with Gasteiger partial charge in [0.1, 0.15) is 0 Å². The van der Waals surface area contributed by atoms with E-state index in [1.165, 1.54) is 49.9 Å². The average Bonchev–Trinajstić information content (AvgIpc) is 3.02. The number of likely N-dealkylation sites (tertiary alicyclic amines) is 1. The van der Waals surface area contributed by atoms with E-state index in [4.69, 9.17) is 0 Å². The van der Waals surface area contributed by atoms with Gasteiger partial charge in [0.15, 0.2) is 0 Å². The molecule has 1 aromatic heterocycles. The smallest absolute Gasteiger partial charge is 0.348 e. The maximum Gasteiger partial charge on any atom is 0.471 e. The zero-order valence-corrected chi connectivity index (χ0v) is 15.6. The van der Waals surface area contributed by atoms with Crippen LogP contribution in [0.3, 0.4) is 0 Å². The van der Waals surface area contributed by atoms with Crippen LogP contribution in [0.15, 0.2) is 28.8 Å². The van der Waals surface area contributed by atoms with Gasteiger partial charge in [-0.05, 0) is 45.0 Å². The van der Waals surface area contributed by atoms with Gasteiger partial charge >= 0.3 is 12.1 Å². The molecule has 0 spiro atoms. The van der Waals surface area contributed by atoms with Crippen molar-refractivity contribution in [3.63, 3.8) is 0 Å². The Morgan fingerprint density at radius 3 is 2.39 bits per heavy atom. The number of hydrogen-bond donors (Lipinski definition) is 1. The van der Waals surface area contributed by atoms with Gasteiger partial charge in [0.05, 0.1) is 0 Å². The Morgan fingerprint density at radius 2 is 1.82 bits per heavy atom. The summed E-state index contributed by atoms with van der Waals surface area (Å²) in [4.78, 5) is 18.1. The molecule has 2 aromatic rings. The first-order chi connectivity index (χ1) is 13.3. The van der Waals surface area contributed by atoms with E-state index in [-0.39, 0.29) is 17.8 Å². The minimum Gasteiger partial charge on any atom is -0.348 e. The van der Waals surface area contributed by atoms with Crippen molar-refractivity contribution >= 4 is 5.91 Å². The van der Waals surface area contributed by atoms with Crippen molar-refractivity contribution in [2.45, 2.75) is 44.8 Å². The van der Waals surface area contributed by atoms with Gasteiger partial charge in [0.25, 0.3) is 5.91 Å². The number of benzene rings is 1. The molecule has 1 aliphatic rings. The number of rotatable bonds is 5. The standard InChI is InChI=1S/C19H23F3N4O2/c1-13(12-26-10-4-2-3-5-11-26)23-17(27)15-8-6-14(7-9-15)16-24-18(28-25-16)19(20,21)22/h6-9,13H,2-5,10-12H2,1H3,(H,23,27). The van der Waals surface area contributed by atoms with E-state index >= 15 is 0 Å². The summed E-state index contributed by atoms with van der Waals surface area (Å²) in [6, 6.07) is 6.07. The van der Waals surface area contributed by atoms with Crippen LogP contribution in [0.4, 0.5) is 13.2 Å². The van der Waals surface area contributed by atoms with E-state index in [9.17, 15) is 18.0 Å². The summed E-state index contributed by atoms with van der Waals surface area (Å²) in [6.45, 7) is 4.88. The summed E-state index contributed by atoms with van der Waals surface area (Å²) in [7, 11) is 0. The van der Waals surface area contributed by atoms with Crippen molar-refractivity contribution in [1.29, 1.82) is 0 Å². The molecule has 1 atom stereocenters. The van der Waals surface area contributed by atoms with Gasteiger partial charge in [-0.2, -0.15) is 18.2 Å². The number of nitrogens with zero attached hydrogens (tertiary/aromatic N) is 3. The first-order valence-electron chi connectivity index (χ1n) is 9.37. The Hall–Kier alpha value is -2.42. The Balaban J connectivity index is 1.58. The largest absolute Gasteiger partial charge is 0.471 e. The number of amides is 1. The third-order valence-electron chi connectivity index (χ3n) is 4.68. The van der Waals surface area contributed by atoms with Gasteiger partial charge in [0.2, 0.25) is 5.82 Å². The van der Waals surface area contributed by atoms with Gasteiger partial charge in [-0.15, -0.1) is 0 Å². The molecule has 0 bridgehead atoms. The highest BCUT2D eigenvalue weighted by Gasteiger charge is 2.38. The second kappa shape index (κ2) is 8.72. The minimum atomic E-state index is -4.69. The monoisotopic (exact) mass is 396 g/mol. The topological polar surface area (TPSA) is 71.3 Å². The van der Waals surface area contributed by atoms with Gasteiger partial charge in [-0.1, -0.05) is 30.1 Å². The summed E-state index contributed by atoms with van der Waals surface area (Å²) in [5, 5.41) is 6.30. The number of hydrogen-bond acceptors (Lipinski definition) is 5. The molecule has 1 aliphatic heterocycles. The fourth-order valence-corrected chi connectivity index (χ4v) is 3.29. The lowest BCUT2D eigenvalue weighted by molar-refractivity contribution is -0.159. The SMILES string of the molecule is CC(CN1CCCCCC1)NC(=O)c1ccc(-c2noc(C(F)(F)F)n2)cc1. The molecule has 3 rings (SSSR count). The molecule has 1 N–H and O–H groups in total. The van der Waals surface area contributed by atoms with Gasteiger partial charge in [-0.3, -0.25) is 4.79 Å². The third kappa shape index (κ3) is 5.31. The lowest BCUT2D eigenvalue weighted by atomic mass is 10.1. The predicted molar refractivity (Wildman–Crippen MR) is 96.6 cm³/mol. The molecular formula is C19H23F3N4O2. The number of alkyl halides is 3. The van der Waals surface area contributed by atoms with Crippen LogP contribution in [0.1, 0.15) is 48.9 Å². The van der Waals surface area contributed by atoms with Gasteiger partial charge < -0.3 is 14.7 Å². The highest BCUT2D eigenvalue weighted by Crippen LogP contribution is 2.29. The van der Waals surface area contributed by atoms with Crippen LogP contribution in [-0.4, -0.2) is 46.6 Å². The third-order valence-corrected chi connectivity index (χ3v) is 4.68. The molecule has 1 unspecified atom stereocenters. The Labute approximate surface area is 161 Å². The van der Waals surface area contributed by atoms with Crippen molar-refractivity contribution in [2.24, 2.45) is 0 Å².